The molecule has 0 spiro atoms. The van der Waals surface area contributed by atoms with Gasteiger partial charge in [-0.25, -0.2) is 4.98 Å². The topological polar surface area (TPSA) is 77.2 Å². The minimum atomic E-state index is -0.108. The Kier molecular flexibility index (Phi) is 4.56. The molecule has 15 heavy (non-hydrogen) atoms. The van der Waals surface area contributed by atoms with Crippen LogP contribution in [0, 0.1) is 0 Å². The molecule has 1 rings (SSSR count). The van der Waals surface area contributed by atoms with Gasteiger partial charge in [0.25, 0.3) is 0 Å². The molecule has 1 heterocycles. The molecule has 0 atom stereocenters. The summed E-state index contributed by atoms with van der Waals surface area (Å²) in [6.45, 7) is 2.81. The zero-order valence-electron chi connectivity index (χ0n) is 8.69. The fraction of sp³-hybridized carbons (Fsp3) is 0.400. The second-order valence-electron chi connectivity index (χ2n) is 2.90. The Morgan fingerprint density at radius 1 is 1.60 bits per heavy atom. The van der Waals surface area contributed by atoms with Crippen LogP contribution < -0.4 is 15.8 Å². The lowest BCUT2D eigenvalue weighted by Gasteiger charge is -2.05. The van der Waals surface area contributed by atoms with Gasteiger partial charge in [-0.2, -0.15) is 0 Å². The van der Waals surface area contributed by atoms with Crippen molar-refractivity contribution in [2.24, 2.45) is 5.73 Å². The van der Waals surface area contributed by atoms with E-state index in [4.69, 9.17) is 10.5 Å². The molecule has 3 N–H and O–H groups in total. The number of nitrogens with zero attached hydrogens (tertiary/aromatic N) is 1. The molecule has 0 radical (unpaired) electrons. The molecule has 0 saturated heterocycles. The molecule has 0 unspecified atom stereocenters. The molecule has 0 aliphatic carbocycles. The third-order valence-electron chi connectivity index (χ3n) is 1.68. The van der Waals surface area contributed by atoms with Gasteiger partial charge < -0.3 is 15.8 Å². The summed E-state index contributed by atoms with van der Waals surface area (Å²) in [6, 6.07) is 3.45. The average molecular weight is 209 g/mol. The minimum Gasteiger partial charge on any atom is -0.478 e. The maximum absolute atomic E-state index is 11.2. The number of amides is 1. The van der Waals surface area contributed by atoms with E-state index in [0.29, 0.717) is 31.1 Å². The van der Waals surface area contributed by atoms with Crippen LogP contribution in [0.1, 0.15) is 13.3 Å². The zero-order valence-corrected chi connectivity index (χ0v) is 8.69. The molecule has 82 valence electrons. The van der Waals surface area contributed by atoms with Gasteiger partial charge in [0.15, 0.2) is 0 Å². The number of pyridine rings is 1. The van der Waals surface area contributed by atoms with Crippen molar-refractivity contribution in [3.63, 3.8) is 0 Å². The van der Waals surface area contributed by atoms with Gasteiger partial charge >= 0.3 is 0 Å². The normalized spacial score (nSPS) is 9.73. The molecule has 5 heteroatoms. The lowest BCUT2D eigenvalue weighted by atomic mass is 10.3. The first-order valence-electron chi connectivity index (χ1n) is 4.85. The molecule has 0 saturated carbocycles. The Morgan fingerprint density at radius 2 is 2.40 bits per heavy atom. The molecule has 1 aromatic rings. The first-order chi connectivity index (χ1) is 7.26. The standard InChI is InChI=1S/C10H15N3O2/c1-2-15-10-4-3-8(7-12-10)13-9(14)5-6-11/h3-4,7H,2,5-6,11H2,1H3,(H,13,14). The Labute approximate surface area is 88.6 Å². The Bertz CT molecular complexity index is 311. The molecular weight excluding hydrogens is 194 g/mol. The number of ether oxygens (including phenoxy) is 1. The van der Waals surface area contributed by atoms with E-state index in [1.807, 2.05) is 6.92 Å². The number of hydrogen-bond donors (Lipinski definition) is 2. The SMILES string of the molecule is CCOc1ccc(NC(=O)CCN)cn1. The highest BCUT2D eigenvalue weighted by atomic mass is 16.5. The summed E-state index contributed by atoms with van der Waals surface area (Å²) >= 11 is 0. The maximum atomic E-state index is 11.2. The largest absolute Gasteiger partial charge is 0.478 e. The first kappa shape index (κ1) is 11.5. The highest BCUT2D eigenvalue weighted by Crippen LogP contribution is 2.11. The molecule has 0 aliphatic heterocycles. The fourth-order valence-electron chi connectivity index (χ4n) is 1.04. The molecule has 1 amide bonds. The van der Waals surface area contributed by atoms with Crippen LogP contribution in [-0.2, 0) is 4.79 Å². The molecule has 0 bridgehead atoms. The zero-order chi connectivity index (χ0) is 11.1. The summed E-state index contributed by atoms with van der Waals surface area (Å²) in [5.74, 6) is 0.442. The van der Waals surface area contributed by atoms with E-state index in [1.165, 1.54) is 0 Å². The monoisotopic (exact) mass is 209 g/mol. The van der Waals surface area contributed by atoms with Crippen molar-refractivity contribution in [2.75, 3.05) is 18.5 Å². The predicted octanol–water partition coefficient (Wildman–Crippen LogP) is 0.768. The van der Waals surface area contributed by atoms with Gasteiger partial charge in [0.2, 0.25) is 11.8 Å². The van der Waals surface area contributed by atoms with Crippen molar-refractivity contribution in [3.05, 3.63) is 18.3 Å². The molecule has 1 aromatic heterocycles. The molecule has 5 nitrogen and oxygen atoms in total. The van der Waals surface area contributed by atoms with E-state index in [9.17, 15) is 4.79 Å². The third kappa shape index (κ3) is 3.95. The highest BCUT2D eigenvalue weighted by Gasteiger charge is 2.01. The van der Waals surface area contributed by atoms with Gasteiger partial charge in [0.1, 0.15) is 0 Å². The van der Waals surface area contributed by atoms with Gasteiger partial charge in [-0.15, -0.1) is 0 Å². The van der Waals surface area contributed by atoms with Crippen LogP contribution in [0.4, 0.5) is 5.69 Å². The summed E-state index contributed by atoms with van der Waals surface area (Å²) in [4.78, 5) is 15.2. The van der Waals surface area contributed by atoms with E-state index in [-0.39, 0.29) is 5.91 Å². The quantitative estimate of drug-likeness (QED) is 0.750. The van der Waals surface area contributed by atoms with Crippen LogP contribution in [0.5, 0.6) is 5.88 Å². The number of carbonyl (C=O) groups is 1. The van der Waals surface area contributed by atoms with Gasteiger partial charge in [-0.1, -0.05) is 0 Å². The van der Waals surface area contributed by atoms with Gasteiger partial charge in [-0.3, -0.25) is 4.79 Å². The summed E-state index contributed by atoms with van der Waals surface area (Å²) in [5, 5.41) is 2.68. The second-order valence-corrected chi connectivity index (χ2v) is 2.90. The molecule has 0 aliphatic rings. The van der Waals surface area contributed by atoms with Crippen molar-refractivity contribution < 1.29 is 9.53 Å². The number of anilines is 1. The number of aromatic nitrogens is 1. The molecule has 0 fully saturated rings. The second kappa shape index (κ2) is 5.98. The van der Waals surface area contributed by atoms with E-state index < -0.39 is 0 Å². The Hall–Kier alpha value is -1.62. The summed E-state index contributed by atoms with van der Waals surface area (Å²) in [5.41, 5.74) is 5.90. The lowest BCUT2D eigenvalue weighted by Crippen LogP contribution is -2.16. The van der Waals surface area contributed by atoms with Crippen LogP contribution in [0.25, 0.3) is 0 Å². The summed E-state index contributed by atoms with van der Waals surface area (Å²) < 4.78 is 5.17. The van der Waals surface area contributed by atoms with Crippen molar-refractivity contribution in [3.8, 4) is 5.88 Å². The van der Waals surface area contributed by atoms with Crippen molar-refractivity contribution in [1.82, 2.24) is 4.98 Å². The number of hydrogen-bond acceptors (Lipinski definition) is 4. The number of nitrogens with two attached hydrogens (primary N) is 1. The van der Waals surface area contributed by atoms with Gasteiger partial charge in [0, 0.05) is 19.0 Å². The number of nitrogens with one attached hydrogen (secondary N) is 1. The lowest BCUT2D eigenvalue weighted by molar-refractivity contribution is -0.116. The van der Waals surface area contributed by atoms with Gasteiger partial charge in [0.05, 0.1) is 18.5 Å². The molecule has 0 aromatic carbocycles. The van der Waals surface area contributed by atoms with Crippen LogP contribution in [-0.4, -0.2) is 24.0 Å². The van der Waals surface area contributed by atoms with E-state index in [2.05, 4.69) is 10.3 Å². The van der Waals surface area contributed by atoms with Gasteiger partial charge in [-0.05, 0) is 13.0 Å². The smallest absolute Gasteiger partial charge is 0.225 e. The van der Waals surface area contributed by atoms with Crippen molar-refractivity contribution in [2.45, 2.75) is 13.3 Å². The highest BCUT2D eigenvalue weighted by molar-refractivity contribution is 5.90. The summed E-state index contributed by atoms with van der Waals surface area (Å²) in [7, 11) is 0. The number of carbonyl (C=O) groups excluding carboxylic acids is 1. The van der Waals surface area contributed by atoms with E-state index in [0.717, 1.165) is 0 Å². The van der Waals surface area contributed by atoms with E-state index >= 15 is 0 Å². The third-order valence-corrected chi connectivity index (χ3v) is 1.68. The van der Waals surface area contributed by atoms with E-state index in [1.54, 1.807) is 18.3 Å². The first-order valence-corrected chi connectivity index (χ1v) is 4.85. The van der Waals surface area contributed by atoms with Crippen molar-refractivity contribution in [1.29, 1.82) is 0 Å². The fourth-order valence-corrected chi connectivity index (χ4v) is 1.04. The predicted molar refractivity (Wildman–Crippen MR) is 57.7 cm³/mol. The Balaban J connectivity index is 2.52. The van der Waals surface area contributed by atoms with Crippen molar-refractivity contribution >= 4 is 11.6 Å². The minimum absolute atomic E-state index is 0.108. The van der Waals surface area contributed by atoms with Crippen LogP contribution >= 0.6 is 0 Å². The van der Waals surface area contributed by atoms with Crippen LogP contribution in [0.15, 0.2) is 18.3 Å². The van der Waals surface area contributed by atoms with Crippen LogP contribution in [0.2, 0.25) is 0 Å². The average Bonchev–Trinajstić information content (AvgIpc) is 2.22. The Morgan fingerprint density at radius 3 is 2.93 bits per heavy atom. The maximum Gasteiger partial charge on any atom is 0.225 e. The van der Waals surface area contributed by atoms with Crippen LogP contribution in [0.3, 0.4) is 0 Å². The molecular formula is C10H15N3O2. The number of rotatable bonds is 5. The summed E-state index contributed by atoms with van der Waals surface area (Å²) in [6.07, 6.45) is 1.87.